The maximum atomic E-state index is 11.4. The fourth-order valence-electron chi connectivity index (χ4n) is 4.38. The summed E-state index contributed by atoms with van der Waals surface area (Å²) in [5, 5.41) is 0. The number of carbonyl (C=O) groups is 1. The summed E-state index contributed by atoms with van der Waals surface area (Å²) in [6.45, 7) is 4.68. The molecule has 2 saturated carbocycles. The number of hydrogen-bond acceptors (Lipinski definition) is 3. The summed E-state index contributed by atoms with van der Waals surface area (Å²) in [4.78, 5) is 11.4. The largest absolute Gasteiger partial charge is 0.466 e. The van der Waals surface area contributed by atoms with E-state index in [9.17, 15) is 4.79 Å². The van der Waals surface area contributed by atoms with Crippen molar-refractivity contribution in [2.75, 3.05) is 7.11 Å². The van der Waals surface area contributed by atoms with Gasteiger partial charge in [0.1, 0.15) is 11.7 Å². The minimum Gasteiger partial charge on any atom is -0.466 e. The Labute approximate surface area is 109 Å². The number of rotatable bonds is 1. The third-order valence-corrected chi connectivity index (χ3v) is 5.49. The minimum atomic E-state index is -0.247. The van der Waals surface area contributed by atoms with E-state index >= 15 is 0 Å². The molecule has 3 fully saturated rings. The number of carbonyl (C=O) groups excluding carboxylic acids is 1. The van der Waals surface area contributed by atoms with Gasteiger partial charge in [-0.1, -0.05) is 20.3 Å². The molecule has 1 saturated heterocycles. The smallest absolute Gasteiger partial charge is 0.330 e. The molecule has 2 aliphatic carbocycles. The van der Waals surface area contributed by atoms with E-state index in [0.29, 0.717) is 11.3 Å². The van der Waals surface area contributed by atoms with E-state index in [1.807, 2.05) is 0 Å². The van der Waals surface area contributed by atoms with Gasteiger partial charge in [-0.2, -0.15) is 0 Å². The van der Waals surface area contributed by atoms with E-state index in [-0.39, 0.29) is 17.7 Å². The van der Waals surface area contributed by atoms with Crippen LogP contribution < -0.4 is 0 Å². The maximum absolute atomic E-state index is 11.4. The van der Waals surface area contributed by atoms with E-state index in [1.165, 1.54) is 26.4 Å². The van der Waals surface area contributed by atoms with Crippen LogP contribution in [0.5, 0.6) is 0 Å². The zero-order valence-corrected chi connectivity index (χ0v) is 11.5. The van der Waals surface area contributed by atoms with Gasteiger partial charge in [0.2, 0.25) is 0 Å². The van der Waals surface area contributed by atoms with Crippen molar-refractivity contribution in [3.63, 3.8) is 0 Å². The highest BCUT2D eigenvalue weighted by atomic mass is 16.6. The molecule has 0 aromatic carbocycles. The third-order valence-electron chi connectivity index (χ3n) is 5.49. The zero-order valence-electron chi connectivity index (χ0n) is 11.5. The Morgan fingerprint density at radius 1 is 1.50 bits per heavy atom. The van der Waals surface area contributed by atoms with Gasteiger partial charge in [0, 0.05) is 11.5 Å². The second kappa shape index (κ2) is 3.83. The fourth-order valence-corrected chi connectivity index (χ4v) is 4.38. The highest BCUT2D eigenvalue weighted by Gasteiger charge is 2.72. The molecule has 18 heavy (non-hydrogen) atoms. The van der Waals surface area contributed by atoms with Crippen LogP contribution in [0.1, 0.15) is 46.0 Å². The molecule has 3 nitrogen and oxygen atoms in total. The summed E-state index contributed by atoms with van der Waals surface area (Å²) in [6, 6.07) is 0. The topological polar surface area (TPSA) is 38.8 Å². The lowest BCUT2D eigenvalue weighted by Crippen LogP contribution is -2.48. The van der Waals surface area contributed by atoms with Crippen molar-refractivity contribution in [3.8, 4) is 0 Å². The van der Waals surface area contributed by atoms with Crippen LogP contribution in [0.15, 0.2) is 11.6 Å². The van der Waals surface area contributed by atoms with Gasteiger partial charge in [-0.3, -0.25) is 0 Å². The maximum Gasteiger partial charge on any atom is 0.330 e. The van der Waals surface area contributed by atoms with Crippen LogP contribution in [-0.4, -0.2) is 24.8 Å². The van der Waals surface area contributed by atoms with Gasteiger partial charge < -0.3 is 9.47 Å². The molecule has 1 aliphatic heterocycles. The van der Waals surface area contributed by atoms with Gasteiger partial charge in [0.05, 0.1) is 7.11 Å². The highest BCUT2D eigenvalue weighted by Crippen LogP contribution is 2.67. The summed E-state index contributed by atoms with van der Waals surface area (Å²) in [7, 11) is 1.43. The first-order chi connectivity index (χ1) is 8.53. The van der Waals surface area contributed by atoms with E-state index in [1.54, 1.807) is 6.08 Å². The van der Waals surface area contributed by atoms with Crippen molar-refractivity contribution < 1.29 is 14.3 Å². The third kappa shape index (κ3) is 1.43. The van der Waals surface area contributed by atoms with E-state index in [4.69, 9.17) is 9.47 Å². The summed E-state index contributed by atoms with van der Waals surface area (Å²) < 4.78 is 10.9. The van der Waals surface area contributed by atoms with Crippen LogP contribution in [0.25, 0.3) is 0 Å². The Hall–Kier alpha value is -0.830. The van der Waals surface area contributed by atoms with Crippen molar-refractivity contribution in [2.24, 2.45) is 11.3 Å². The molecule has 0 aromatic rings. The second-order valence-corrected chi connectivity index (χ2v) is 6.39. The lowest BCUT2D eigenvalue weighted by Gasteiger charge is -2.46. The molecule has 1 spiro atoms. The monoisotopic (exact) mass is 250 g/mol. The van der Waals surface area contributed by atoms with Gasteiger partial charge >= 0.3 is 5.97 Å². The van der Waals surface area contributed by atoms with Crippen LogP contribution in [0.2, 0.25) is 0 Å². The van der Waals surface area contributed by atoms with Crippen molar-refractivity contribution in [1.29, 1.82) is 0 Å². The SMILES string of the molecule is COC(=O)/C=C1/CC[C@]2(C)CCC[C@H](C)[C@@]23O[C@@H]13. The standard InChI is InChI=1S/C15H22O3/c1-10-5-4-7-14(2)8-6-11(9-12(16)17-3)13-15(10,14)18-13/h9-10,13H,4-8H2,1-3H3/b11-9-/t10-,13-,14-,15-/m0/s1. The number of methoxy groups -OCH3 is 1. The molecule has 0 amide bonds. The van der Waals surface area contributed by atoms with E-state index < -0.39 is 0 Å². The molecule has 1 heterocycles. The fraction of sp³-hybridized carbons (Fsp3) is 0.800. The first-order valence-corrected chi connectivity index (χ1v) is 7.00. The number of esters is 1. The predicted molar refractivity (Wildman–Crippen MR) is 68.1 cm³/mol. The van der Waals surface area contributed by atoms with Gasteiger partial charge in [-0.05, 0) is 37.2 Å². The molecule has 3 aliphatic rings. The quantitative estimate of drug-likeness (QED) is 0.408. The summed E-state index contributed by atoms with van der Waals surface area (Å²) >= 11 is 0. The molecule has 0 unspecified atom stereocenters. The molecular formula is C15H22O3. The molecular weight excluding hydrogens is 228 g/mol. The lowest BCUT2D eigenvalue weighted by atomic mass is 9.56. The Bertz CT molecular complexity index is 414. The predicted octanol–water partition coefficient (Wildman–Crippen LogP) is 2.84. The van der Waals surface area contributed by atoms with Gasteiger partial charge in [0.15, 0.2) is 0 Å². The summed E-state index contributed by atoms with van der Waals surface area (Å²) in [5.74, 6) is 0.352. The molecule has 0 aromatic heterocycles. The van der Waals surface area contributed by atoms with E-state index in [2.05, 4.69) is 13.8 Å². The number of hydrogen-bond donors (Lipinski definition) is 0. The molecule has 4 atom stereocenters. The summed E-state index contributed by atoms with van der Waals surface area (Å²) in [6.07, 6.45) is 7.76. The normalized spacial score (nSPS) is 48.3. The van der Waals surface area contributed by atoms with E-state index in [0.717, 1.165) is 18.4 Å². The van der Waals surface area contributed by atoms with Crippen molar-refractivity contribution in [3.05, 3.63) is 11.6 Å². The first kappa shape index (κ1) is 12.2. The Morgan fingerprint density at radius 2 is 2.28 bits per heavy atom. The number of epoxide rings is 1. The molecule has 3 heteroatoms. The molecule has 100 valence electrons. The highest BCUT2D eigenvalue weighted by molar-refractivity contribution is 5.83. The molecule has 0 radical (unpaired) electrons. The van der Waals surface area contributed by atoms with Gasteiger partial charge in [-0.15, -0.1) is 0 Å². The second-order valence-electron chi connectivity index (χ2n) is 6.39. The van der Waals surface area contributed by atoms with Crippen molar-refractivity contribution >= 4 is 5.97 Å². The van der Waals surface area contributed by atoms with Crippen LogP contribution in [0.3, 0.4) is 0 Å². The van der Waals surface area contributed by atoms with Gasteiger partial charge in [0.25, 0.3) is 0 Å². The average molecular weight is 250 g/mol. The average Bonchev–Trinajstić information content (AvgIpc) is 3.09. The first-order valence-electron chi connectivity index (χ1n) is 7.00. The molecule has 0 N–H and O–H groups in total. The van der Waals surface area contributed by atoms with Crippen molar-refractivity contribution in [2.45, 2.75) is 57.7 Å². The van der Waals surface area contributed by atoms with Crippen LogP contribution in [0.4, 0.5) is 0 Å². The Kier molecular flexibility index (Phi) is 2.60. The summed E-state index contributed by atoms with van der Waals surface area (Å²) in [5.41, 5.74) is 1.47. The lowest BCUT2D eigenvalue weighted by molar-refractivity contribution is -0.134. The van der Waals surface area contributed by atoms with Crippen LogP contribution >= 0.6 is 0 Å². The zero-order chi connectivity index (χ0) is 13.0. The Morgan fingerprint density at radius 3 is 3.00 bits per heavy atom. The number of ether oxygens (including phenoxy) is 2. The molecule has 0 bridgehead atoms. The minimum absolute atomic E-state index is 0.0172. The van der Waals surface area contributed by atoms with Crippen LogP contribution in [-0.2, 0) is 14.3 Å². The van der Waals surface area contributed by atoms with Crippen LogP contribution in [0, 0.1) is 11.3 Å². The Balaban J connectivity index is 1.90. The van der Waals surface area contributed by atoms with Gasteiger partial charge in [-0.25, -0.2) is 4.79 Å². The van der Waals surface area contributed by atoms with Crippen molar-refractivity contribution in [1.82, 2.24) is 0 Å². The molecule has 3 rings (SSSR count).